The van der Waals surface area contributed by atoms with Gasteiger partial charge in [-0.3, -0.25) is 14.6 Å². The van der Waals surface area contributed by atoms with Gasteiger partial charge in [-0.1, -0.05) is 6.07 Å². The smallest absolute Gasteiger partial charge is 0.264 e. The first kappa shape index (κ1) is 15.4. The number of H-pyrrole nitrogens is 1. The molecule has 2 aromatic heterocycles. The second-order valence-electron chi connectivity index (χ2n) is 6.32. The average molecular weight is 344 g/mol. The minimum Gasteiger partial charge on any atom is -0.342 e. The normalized spacial score (nSPS) is 17.7. The summed E-state index contributed by atoms with van der Waals surface area (Å²) in [6.07, 6.45) is 4.05. The van der Waals surface area contributed by atoms with Gasteiger partial charge in [-0.05, 0) is 37.1 Å². The number of aromatic nitrogens is 2. The van der Waals surface area contributed by atoms with E-state index in [1.54, 1.807) is 4.90 Å². The molecule has 2 aliphatic rings. The predicted molar refractivity (Wildman–Crippen MR) is 93.7 cm³/mol. The lowest BCUT2D eigenvalue weighted by Gasteiger charge is -2.30. The largest absolute Gasteiger partial charge is 0.342 e. The molecule has 7 heteroatoms. The zero-order chi connectivity index (χ0) is 16.5. The Hall–Kier alpha value is -2.15. The predicted octanol–water partition coefficient (Wildman–Crippen LogP) is 2.02. The van der Waals surface area contributed by atoms with Gasteiger partial charge < -0.3 is 9.80 Å². The maximum atomic E-state index is 12.6. The standard InChI is InChI=1S/C17H20N4O2S/c22-15-12-6-9-21(16(23)14-5-4-10-24-14)11-13(12)18-17(19-15)20-7-2-1-3-8-20/h4-5,10H,1-3,6-9,11H2,(H,18,19,22). The lowest BCUT2D eigenvalue weighted by Crippen LogP contribution is -2.40. The Labute approximate surface area is 144 Å². The molecule has 1 N–H and O–H groups in total. The summed E-state index contributed by atoms with van der Waals surface area (Å²) in [4.78, 5) is 37.3. The fraction of sp³-hybridized carbons (Fsp3) is 0.471. The fourth-order valence-electron chi connectivity index (χ4n) is 3.41. The molecule has 4 heterocycles. The highest BCUT2D eigenvalue weighted by molar-refractivity contribution is 7.12. The number of nitrogens with zero attached hydrogens (tertiary/aromatic N) is 3. The van der Waals surface area contributed by atoms with E-state index in [0.29, 0.717) is 25.5 Å². The number of anilines is 1. The van der Waals surface area contributed by atoms with Crippen LogP contribution in [0.3, 0.4) is 0 Å². The van der Waals surface area contributed by atoms with E-state index in [4.69, 9.17) is 4.98 Å². The SMILES string of the molecule is O=C(c1cccs1)N1CCc2c(nc(N3CCCCC3)[nH]c2=O)C1. The summed E-state index contributed by atoms with van der Waals surface area (Å²) in [6.45, 7) is 2.84. The van der Waals surface area contributed by atoms with Crippen molar-refractivity contribution < 1.29 is 4.79 Å². The van der Waals surface area contributed by atoms with Gasteiger partial charge in [0.15, 0.2) is 0 Å². The number of carbonyl (C=O) groups is 1. The van der Waals surface area contributed by atoms with Crippen LogP contribution in [0.2, 0.25) is 0 Å². The summed E-state index contributed by atoms with van der Waals surface area (Å²) in [5.41, 5.74) is 1.42. The number of amides is 1. The van der Waals surface area contributed by atoms with Crippen LogP contribution in [0.5, 0.6) is 0 Å². The molecule has 0 spiro atoms. The monoisotopic (exact) mass is 344 g/mol. The van der Waals surface area contributed by atoms with Crippen molar-refractivity contribution in [1.82, 2.24) is 14.9 Å². The van der Waals surface area contributed by atoms with Gasteiger partial charge in [0.25, 0.3) is 11.5 Å². The maximum absolute atomic E-state index is 12.6. The van der Waals surface area contributed by atoms with E-state index < -0.39 is 0 Å². The highest BCUT2D eigenvalue weighted by Gasteiger charge is 2.26. The van der Waals surface area contributed by atoms with Gasteiger partial charge in [0, 0.05) is 25.2 Å². The van der Waals surface area contributed by atoms with Crippen LogP contribution in [0.4, 0.5) is 5.95 Å². The first-order valence-corrected chi connectivity index (χ1v) is 9.30. The summed E-state index contributed by atoms with van der Waals surface area (Å²) >= 11 is 1.45. The van der Waals surface area contributed by atoms with E-state index in [1.165, 1.54) is 17.8 Å². The topological polar surface area (TPSA) is 69.3 Å². The van der Waals surface area contributed by atoms with Gasteiger partial charge in [-0.15, -0.1) is 11.3 Å². The van der Waals surface area contributed by atoms with Crippen molar-refractivity contribution in [3.8, 4) is 0 Å². The van der Waals surface area contributed by atoms with E-state index in [1.807, 2.05) is 17.5 Å². The van der Waals surface area contributed by atoms with Gasteiger partial charge in [0.05, 0.1) is 17.1 Å². The first-order valence-electron chi connectivity index (χ1n) is 8.42. The molecule has 1 saturated heterocycles. The van der Waals surface area contributed by atoms with Crippen LogP contribution >= 0.6 is 11.3 Å². The first-order chi connectivity index (χ1) is 11.7. The third kappa shape index (κ3) is 2.84. The Bertz CT molecular complexity index is 793. The molecule has 126 valence electrons. The van der Waals surface area contributed by atoms with Crippen molar-refractivity contribution in [2.45, 2.75) is 32.2 Å². The third-order valence-electron chi connectivity index (χ3n) is 4.74. The number of hydrogen-bond donors (Lipinski definition) is 1. The zero-order valence-corrected chi connectivity index (χ0v) is 14.3. The van der Waals surface area contributed by atoms with Gasteiger partial charge in [-0.2, -0.15) is 0 Å². The number of piperidine rings is 1. The molecular formula is C17H20N4O2S. The van der Waals surface area contributed by atoms with E-state index in [-0.39, 0.29) is 11.5 Å². The molecule has 2 aliphatic heterocycles. The van der Waals surface area contributed by atoms with E-state index in [9.17, 15) is 9.59 Å². The molecule has 6 nitrogen and oxygen atoms in total. The quantitative estimate of drug-likeness (QED) is 0.905. The second-order valence-corrected chi connectivity index (χ2v) is 7.26. The fourth-order valence-corrected chi connectivity index (χ4v) is 4.10. The lowest BCUT2D eigenvalue weighted by atomic mass is 10.1. The molecule has 0 aromatic carbocycles. The molecule has 0 radical (unpaired) electrons. The van der Waals surface area contributed by atoms with Crippen molar-refractivity contribution in [3.05, 3.63) is 44.0 Å². The van der Waals surface area contributed by atoms with Crippen LogP contribution in [0.15, 0.2) is 22.3 Å². The second kappa shape index (κ2) is 6.39. The van der Waals surface area contributed by atoms with Crippen LogP contribution in [0.25, 0.3) is 0 Å². The van der Waals surface area contributed by atoms with E-state index >= 15 is 0 Å². The highest BCUT2D eigenvalue weighted by atomic mass is 32.1. The summed E-state index contributed by atoms with van der Waals surface area (Å²) in [5.74, 6) is 0.682. The van der Waals surface area contributed by atoms with Crippen molar-refractivity contribution in [3.63, 3.8) is 0 Å². The molecule has 0 atom stereocenters. The third-order valence-corrected chi connectivity index (χ3v) is 5.59. The molecule has 0 aliphatic carbocycles. The number of nitrogens with one attached hydrogen (secondary N) is 1. The molecule has 0 saturated carbocycles. The summed E-state index contributed by atoms with van der Waals surface area (Å²) in [5, 5.41) is 1.91. The van der Waals surface area contributed by atoms with Crippen LogP contribution in [0, 0.1) is 0 Å². The van der Waals surface area contributed by atoms with Crippen molar-refractivity contribution in [2.24, 2.45) is 0 Å². The number of rotatable bonds is 2. The summed E-state index contributed by atoms with van der Waals surface area (Å²) in [6, 6.07) is 3.72. The molecule has 2 aromatic rings. The highest BCUT2D eigenvalue weighted by Crippen LogP contribution is 2.21. The van der Waals surface area contributed by atoms with Crippen LogP contribution in [0.1, 0.15) is 40.2 Å². The van der Waals surface area contributed by atoms with Crippen molar-refractivity contribution in [1.29, 1.82) is 0 Å². The molecular weight excluding hydrogens is 324 g/mol. The van der Waals surface area contributed by atoms with Crippen LogP contribution in [-0.4, -0.2) is 40.4 Å². The molecule has 1 fully saturated rings. The number of thiophene rings is 1. The maximum Gasteiger partial charge on any atom is 0.264 e. The Morgan fingerprint density at radius 1 is 1.21 bits per heavy atom. The lowest BCUT2D eigenvalue weighted by molar-refractivity contribution is 0.0736. The Balaban J connectivity index is 1.61. The van der Waals surface area contributed by atoms with Gasteiger partial charge >= 0.3 is 0 Å². The Kier molecular flexibility index (Phi) is 4.10. The number of aromatic amines is 1. The van der Waals surface area contributed by atoms with Gasteiger partial charge in [0.2, 0.25) is 5.95 Å². The Morgan fingerprint density at radius 2 is 2.04 bits per heavy atom. The van der Waals surface area contributed by atoms with Gasteiger partial charge in [-0.25, -0.2) is 4.98 Å². The number of carbonyl (C=O) groups excluding carboxylic acids is 1. The summed E-state index contributed by atoms with van der Waals surface area (Å²) < 4.78 is 0. The minimum atomic E-state index is -0.0520. The minimum absolute atomic E-state index is 0.0252. The van der Waals surface area contributed by atoms with Crippen LogP contribution < -0.4 is 10.5 Å². The Morgan fingerprint density at radius 3 is 2.79 bits per heavy atom. The van der Waals surface area contributed by atoms with E-state index in [0.717, 1.165) is 42.1 Å². The zero-order valence-electron chi connectivity index (χ0n) is 13.5. The van der Waals surface area contributed by atoms with Crippen molar-refractivity contribution >= 4 is 23.2 Å². The molecule has 4 rings (SSSR count). The molecule has 0 bridgehead atoms. The molecule has 1 amide bonds. The van der Waals surface area contributed by atoms with Crippen LogP contribution in [-0.2, 0) is 13.0 Å². The molecule has 0 unspecified atom stereocenters. The number of fused-ring (bicyclic) bond motifs is 1. The molecule has 24 heavy (non-hydrogen) atoms. The van der Waals surface area contributed by atoms with E-state index in [2.05, 4.69) is 9.88 Å². The summed E-state index contributed by atoms with van der Waals surface area (Å²) in [7, 11) is 0. The van der Waals surface area contributed by atoms with Crippen molar-refractivity contribution in [2.75, 3.05) is 24.5 Å². The van der Waals surface area contributed by atoms with Gasteiger partial charge in [0.1, 0.15) is 0 Å². The number of hydrogen-bond acceptors (Lipinski definition) is 5. The average Bonchev–Trinajstić information content (AvgIpc) is 3.16.